The predicted molar refractivity (Wildman–Crippen MR) is 59.2 cm³/mol. The third-order valence-corrected chi connectivity index (χ3v) is 2.62. The van der Waals surface area contributed by atoms with Crippen LogP contribution in [0.4, 0.5) is 0 Å². The molecule has 1 unspecified atom stereocenters. The van der Waals surface area contributed by atoms with Crippen molar-refractivity contribution in [1.29, 1.82) is 0 Å². The molecule has 1 atom stereocenters. The molecule has 92 valence electrons. The van der Waals surface area contributed by atoms with E-state index in [2.05, 4.69) is 4.74 Å². The van der Waals surface area contributed by atoms with Crippen molar-refractivity contribution in [3.05, 3.63) is 23.3 Å². The molecular weight excluding hydrogens is 224 g/mol. The molecule has 5 heteroatoms. The number of carbonyl (C=O) groups excluding carboxylic acids is 1. The van der Waals surface area contributed by atoms with Crippen molar-refractivity contribution in [2.45, 2.75) is 19.6 Å². The standard InChI is InChI=1S/C12H14O5/c1-3-16-10-6-7-9(17-10)5-4-8(13)11(7)12(14)15-2/h4-5,10,13H,3,6H2,1-2H3. The Balaban J connectivity index is 2.37. The van der Waals surface area contributed by atoms with Crippen LogP contribution in [0.2, 0.25) is 0 Å². The van der Waals surface area contributed by atoms with Gasteiger partial charge in [-0.05, 0) is 19.1 Å². The number of methoxy groups -OCH3 is 1. The van der Waals surface area contributed by atoms with Gasteiger partial charge < -0.3 is 19.3 Å². The molecule has 0 fully saturated rings. The molecule has 0 spiro atoms. The molecule has 0 amide bonds. The molecule has 0 bridgehead atoms. The van der Waals surface area contributed by atoms with Gasteiger partial charge in [-0.15, -0.1) is 0 Å². The molecule has 17 heavy (non-hydrogen) atoms. The van der Waals surface area contributed by atoms with E-state index in [4.69, 9.17) is 9.47 Å². The molecule has 1 heterocycles. The number of phenols is 1. The van der Waals surface area contributed by atoms with Gasteiger partial charge in [0.1, 0.15) is 17.1 Å². The van der Waals surface area contributed by atoms with Gasteiger partial charge in [0.15, 0.2) is 0 Å². The monoisotopic (exact) mass is 238 g/mol. The quantitative estimate of drug-likeness (QED) is 0.808. The summed E-state index contributed by atoms with van der Waals surface area (Å²) in [5.41, 5.74) is 0.794. The molecule has 1 aliphatic rings. The average Bonchev–Trinajstić information content (AvgIpc) is 2.71. The largest absolute Gasteiger partial charge is 0.507 e. The van der Waals surface area contributed by atoms with Crippen LogP contribution in [0.15, 0.2) is 12.1 Å². The van der Waals surface area contributed by atoms with Crippen LogP contribution in [-0.2, 0) is 15.9 Å². The van der Waals surface area contributed by atoms with Gasteiger partial charge in [0, 0.05) is 18.6 Å². The smallest absolute Gasteiger partial charge is 0.342 e. The number of aromatic hydroxyl groups is 1. The molecule has 1 aromatic carbocycles. The van der Waals surface area contributed by atoms with Crippen LogP contribution in [0.3, 0.4) is 0 Å². The van der Waals surface area contributed by atoms with Crippen LogP contribution in [0.1, 0.15) is 22.8 Å². The highest BCUT2D eigenvalue weighted by Gasteiger charge is 2.30. The van der Waals surface area contributed by atoms with E-state index < -0.39 is 12.3 Å². The number of fused-ring (bicyclic) bond motifs is 1. The van der Waals surface area contributed by atoms with E-state index in [-0.39, 0.29) is 11.3 Å². The van der Waals surface area contributed by atoms with Crippen molar-refractivity contribution >= 4 is 5.97 Å². The number of hydrogen-bond acceptors (Lipinski definition) is 5. The van der Waals surface area contributed by atoms with Crippen molar-refractivity contribution in [3.63, 3.8) is 0 Å². The fourth-order valence-corrected chi connectivity index (χ4v) is 1.89. The fraction of sp³-hybridized carbons (Fsp3) is 0.417. The summed E-state index contributed by atoms with van der Waals surface area (Å²) in [6.45, 7) is 2.39. The van der Waals surface area contributed by atoms with Crippen molar-refractivity contribution in [1.82, 2.24) is 0 Å². The molecular formula is C12H14O5. The second-order valence-corrected chi connectivity index (χ2v) is 3.63. The molecule has 0 aliphatic carbocycles. The molecule has 1 aromatic rings. The summed E-state index contributed by atoms with van der Waals surface area (Å²) in [6.07, 6.45) is 0.0300. The molecule has 5 nitrogen and oxygen atoms in total. The van der Waals surface area contributed by atoms with Crippen LogP contribution < -0.4 is 4.74 Å². The molecule has 1 N–H and O–H groups in total. The zero-order chi connectivity index (χ0) is 12.4. The summed E-state index contributed by atoms with van der Waals surface area (Å²) in [5, 5.41) is 9.70. The molecule has 0 aromatic heterocycles. The highest BCUT2D eigenvalue weighted by Crippen LogP contribution is 2.36. The van der Waals surface area contributed by atoms with E-state index in [9.17, 15) is 9.90 Å². The van der Waals surface area contributed by atoms with Gasteiger partial charge in [0.2, 0.25) is 6.29 Å². The van der Waals surface area contributed by atoms with Gasteiger partial charge in [-0.2, -0.15) is 0 Å². The maximum absolute atomic E-state index is 11.6. The average molecular weight is 238 g/mol. The highest BCUT2D eigenvalue weighted by atomic mass is 16.7. The first kappa shape index (κ1) is 11.7. The second-order valence-electron chi connectivity index (χ2n) is 3.63. The van der Waals surface area contributed by atoms with Crippen LogP contribution >= 0.6 is 0 Å². The maximum atomic E-state index is 11.6. The molecule has 0 radical (unpaired) electrons. The van der Waals surface area contributed by atoms with Crippen LogP contribution in [0, 0.1) is 0 Å². The minimum atomic E-state index is -0.569. The summed E-state index contributed by atoms with van der Waals surface area (Å²) in [4.78, 5) is 11.6. The Morgan fingerprint density at radius 1 is 1.59 bits per heavy atom. The first-order valence-electron chi connectivity index (χ1n) is 5.38. The maximum Gasteiger partial charge on any atom is 0.342 e. The molecule has 0 saturated carbocycles. The summed E-state index contributed by atoms with van der Waals surface area (Å²) in [5.74, 6) is -0.113. The van der Waals surface area contributed by atoms with Crippen LogP contribution in [-0.4, -0.2) is 31.1 Å². The number of esters is 1. The Morgan fingerprint density at radius 3 is 3.00 bits per heavy atom. The van der Waals surface area contributed by atoms with Crippen LogP contribution in [0.25, 0.3) is 0 Å². The number of benzene rings is 1. The minimum absolute atomic E-state index is 0.101. The lowest BCUT2D eigenvalue weighted by Gasteiger charge is -2.08. The highest BCUT2D eigenvalue weighted by molar-refractivity contribution is 5.95. The van der Waals surface area contributed by atoms with E-state index in [0.717, 1.165) is 0 Å². The van der Waals surface area contributed by atoms with Crippen LogP contribution in [0.5, 0.6) is 11.5 Å². The Bertz CT molecular complexity index is 441. The first-order chi connectivity index (χ1) is 8.17. The predicted octanol–water partition coefficient (Wildman–Crippen LogP) is 1.48. The third-order valence-electron chi connectivity index (χ3n) is 2.62. The lowest BCUT2D eigenvalue weighted by Crippen LogP contribution is -2.17. The van der Waals surface area contributed by atoms with E-state index in [0.29, 0.717) is 24.3 Å². The van der Waals surface area contributed by atoms with Gasteiger partial charge in [-0.1, -0.05) is 0 Å². The van der Waals surface area contributed by atoms with Crippen molar-refractivity contribution < 1.29 is 24.1 Å². The Hall–Kier alpha value is -1.75. The molecule has 2 rings (SSSR count). The topological polar surface area (TPSA) is 65.0 Å². The van der Waals surface area contributed by atoms with Gasteiger partial charge in [-0.3, -0.25) is 0 Å². The normalized spacial score (nSPS) is 17.4. The zero-order valence-corrected chi connectivity index (χ0v) is 9.73. The van der Waals surface area contributed by atoms with Gasteiger partial charge in [0.05, 0.1) is 7.11 Å². The second kappa shape index (κ2) is 4.63. The number of hydrogen-bond donors (Lipinski definition) is 1. The van der Waals surface area contributed by atoms with Crippen molar-refractivity contribution in [2.75, 3.05) is 13.7 Å². The number of ether oxygens (including phenoxy) is 3. The summed E-state index contributed by atoms with van der Waals surface area (Å²) >= 11 is 0. The SMILES string of the molecule is CCOC1Cc2c(ccc(O)c2C(=O)OC)O1. The Labute approximate surface area is 98.9 Å². The first-order valence-corrected chi connectivity index (χ1v) is 5.38. The summed E-state index contributed by atoms with van der Waals surface area (Å²) in [6, 6.07) is 3.04. The summed E-state index contributed by atoms with van der Waals surface area (Å²) in [7, 11) is 1.27. The summed E-state index contributed by atoms with van der Waals surface area (Å²) < 4.78 is 15.5. The number of carbonyl (C=O) groups is 1. The van der Waals surface area contributed by atoms with E-state index in [1.54, 1.807) is 6.07 Å². The minimum Gasteiger partial charge on any atom is -0.507 e. The Morgan fingerprint density at radius 2 is 2.35 bits per heavy atom. The van der Waals surface area contributed by atoms with Crippen molar-refractivity contribution in [3.8, 4) is 11.5 Å². The van der Waals surface area contributed by atoms with E-state index in [1.807, 2.05) is 6.92 Å². The third kappa shape index (κ3) is 2.06. The zero-order valence-electron chi connectivity index (χ0n) is 9.73. The van der Waals surface area contributed by atoms with Gasteiger partial charge >= 0.3 is 5.97 Å². The van der Waals surface area contributed by atoms with E-state index >= 15 is 0 Å². The lowest BCUT2D eigenvalue weighted by molar-refractivity contribution is -0.0602. The van der Waals surface area contributed by atoms with E-state index in [1.165, 1.54) is 13.2 Å². The Kier molecular flexibility index (Phi) is 3.19. The van der Waals surface area contributed by atoms with Gasteiger partial charge in [-0.25, -0.2) is 4.79 Å². The van der Waals surface area contributed by atoms with Crippen molar-refractivity contribution in [2.24, 2.45) is 0 Å². The fourth-order valence-electron chi connectivity index (χ4n) is 1.89. The number of phenolic OH excluding ortho intramolecular Hbond substituents is 1. The molecule has 1 aliphatic heterocycles. The van der Waals surface area contributed by atoms with Gasteiger partial charge in [0.25, 0.3) is 0 Å². The molecule has 0 saturated heterocycles. The lowest BCUT2D eigenvalue weighted by atomic mass is 10.0. The number of rotatable bonds is 3.